The zero-order valence-corrected chi connectivity index (χ0v) is 13.7. The Balaban J connectivity index is 2.04. The summed E-state index contributed by atoms with van der Waals surface area (Å²) >= 11 is 0. The second-order valence-electron chi connectivity index (χ2n) is 5.75. The number of nitrogens with two attached hydrogens (primary N) is 1. The summed E-state index contributed by atoms with van der Waals surface area (Å²) in [6, 6.07) is 7.17. The number of carbonyl (C=O) groups excluding carboxylic acids is 1. The van der Waals surface area contributed by atoms with Crippen molar-refractivity contribution in [3.05, 3.63) is 47.3 Å². The second kappa shape index (κ2) is 7.14. The van der Waals surface area contributed by atoms with E-state index in [1.165, 1.54) is 6.42 Å². The molecule has 1 fully saturated rings. The van der Waals surface area contributed by atoms with Crippen LogP contribution in [0, 0.1) is 11.8 Å². The van der Waals surface area contributed by atoms with Gasteiger partial charge in [-0.05, 0) is 50.5 Å². The fourth-order valence-corrected chi connectivity index (χ4v) is 2.89. The number of anilines is 2. The zero-order chi connectivity index (χ0) is 16.9. The number of piperidine rings is 1. The molecule has 5 nitrogen and oxygen atoms in total. The summed E-state index contributed by atoms with van der Waals surface area (Å²) in [5.74, 6) is 6.60. The molecule has 2 aromatic rings. The highest BCUT2D eigenvalue weighted by atomic mass is 16.1. The van der Waals surface area contributed by atoms with Crippen LogP contribution in [0.1, 0.15) is 47.8 Å². The number of nitrogen functional groups attached to an aromatic ring is 1. The molecule has 3 rings (SSSR count). The van der Waals surface area contributed by atoms with E-state index in [1.54, 1.807) is 25.3 Å². The summed E-state index contributed by atoms with van der Waals surface area (Å²) in [5.41, 5.74) is 7.18. The molecule has 2 N–H and O–H groups in total. The first kappa shape index (κ1) is 16.0. The quantitative estimate of drug-likeness (QED) is 0.695. The molecule has 1 saturated heterocycles. The second-order valence-corrected chi connectivity index (χ2v) is 5.75. The number of hydrogen-bond donors (Lipinski definition) is 1. The molecule has 1 aliphatic heterocycles. The highest BCUT2D eigenvalue weighted by Crippen LogP contribution is 2.22. The van der Waals surface area contributed by atoms with Gasteiger partial charge in [-0.1, -0.05) is 5.92 Å². The van der Waals surface area contributed by atoms with Gasteiger partial charge in [-0.15, -0.1) is 5.92 Å². The Kier molecular flexibility index (Phi) is 4.76. The molecule has 0 aromatic carbocycles. The Labute approximate surface area is 141 Å². The van der Waals surface area contributed by atoms with E-state index in [0.717, 1.165) is 31.7 Å². The van der Waals surface area contributed by atoms with Gasteiger partial charge in [-0.3, -0.25) is 4.79 Å². The van der Waals surface area contributed by atoms with Crippen molar-refractivity contribution in [2.75, 3.05) is 23.7 Å². The van der Waals surface area contributed by atoms with E-state index in [9.17, 15) is 4.79 Å². The third-order valence-corrected chi connectivity index (χ3v) is 4.12. The van der Waals surface area contributed by atoms with Gasteiger partial charge in [0.05, 0.1) is 11.1 Å². The lowest BCUT2D eigenvalue weighted by Gasteiger charge is -2.28. The van der Waals surface area contributed by atoms with E-state index in [2.05, 4.69) is 26.7 Å². The van der Waals surface area contributed by atoms with Crippen LogP contribution in [-0.4, -0.2) is 28.8 Å². The summed E-state index contributed by atoms with van der Waals surface area (Å²) in [6.07, 6.45) is 5.11. The average Bonchev–Trinajstić information content (AvgIpc) is 2.63. The lowest BCUT2D eigenvalue weighted by atomic mass is 10.0. The van der Waals surface area contributed by atoms with Gasteiger partial charge in [0.1, 0.15) is 17.3 Å². The van der Waals surface area contributed by atoms with E-state index in [-0.39, 0.29) is 11.6 Å². The van der Waals surface area contributed by atoms with Crippen LogP contribution in [0.25, 0.3) is 0 Å². The first-order chi connectivity index (χ1) is 11.7. The van der Waals surface area contributed by atoms with Crippen LogP contribution < -0.4 is 10.6 Å². The molecule has 0 unspecified atom stereocenters. The molecule has 0 bridgehead atoms. The summed E-state index contributed by atoms with van der Waals surface area (Å²) in [7, 11) is 0. The van der Waals surface area contributed by atoms with Gasteiger partial charge in [-0.25, -0.2) is 9.97 Å². The van der Waals surface area contributed by atoms with Crippen LogP contribution in [0.3, 0.4) is 0 Å². The third-order valence-electron chi connectivity index (χ3n) is 4.12. The van der Waals surface area contributed by atoms with Gasteiger partial charge in [0, 0.05) is 19.3 Å². The maximum Gasteiger partial charge on any atom is 0.216 e. The Morgan fingerprint density at radius 2 is 2.00 bits per heavy atom. The van der Waals surface area contributed by atoms with Crippen LogP contribution in [0.15, 0.2) is 30.5 Å². The topological polar surface area (TPSA) is 72.1 Å². The molecular formula is C19H20N4O. The molecule has 0 amide bonds. The Bertz CT molecular complexity index is 814. The minimum absolute atomic E-state index is 0.211. The van der Waals surface area contributed by atoms with Crippen molar-refractivity contribution in [2.45, 2.75) is 26.2 Å². The number of carbonyl (C=O) groups is 1. The van der Waals surface area contributed by atoms with Crippen LogP contribution >= 0.6 is 0 Å². The number of pyridine rings is 2. The summed E-state index contributed by atoms with van der Waals surface area (Å²) < 4.78 is 0. The number of aromatic nitrogens is 2. The van der Waals surface area contributed by atoms with Crippen molar-refractivity contribution in [2.24, 2.45) is 0 Å². The van der Waals surface area contributed by atoms with Gasteiger partial charge in [-0.2, -0.15) is 0 Å². The largest absolute Gasteiger partial charge is 0.383 e. The SMILES string of the molecule is CC#Cc1ccc(N2CCCCC2)nc1C(=O)c1cccnc1N. The summed E-state index contributed by atoms with van der Waals surface area (Å²) in [5, 5.41) is 0. The lowest BCUT2D eigenvalue weighted by Crippen LogP contribution is -2.30. The highest BCUT2D eigenvalue weighted by molar-refractivity contribution is 6.11. The van der Waals surface area contributed by atoms with Crippen LogP contribution in [0.4, 0.5) is 11.6 Å². The number of nitrogens with zero attached hydrogens (tertiary/aromatic N) is 3. The molecule has 0 saturated carbocycles. The first-order valence-corrected chi connectivity index (χ1v) is 8.14. The Morgan fingerprint density at radius 3 is 2.71 bits per heavy atom. The molecule has 1 aliphatic rings. The minimum atomic E-state index is -0.239. The van der Waals surface area contributed by atoms with E-state index in [4.69, 9.17) is 5.73 Å². The zero-order valence-electron chi connectivity index (χ0n) is 13.7. The molecule has 0 spiro atoms. The summed E-state index contributed by atoms with van der Waals surface area (Å²) in [6.45, 7) is 3.67. The molecule has 0 radical (unpaired) electrons. The predicted molar refractivity (Wildman–Crippen MR) is 94.9 cm³/mol. The molecular weight excluding hydrogens is 300 g/mol. The fourth-order valence-electron chi connectivity index (χ4n) is 2.89. The molecule has 0 atom stereocenters. The van der Waals surface area contributed by atoms with Gasteiger partial charge in [0.25, 0.3) is 0 Å². The molecule has 3 heterocycles. The highest BCUT2D eigenvalue weighted by Gasteiger charge is 2.20. The molecule has 0 aliphatic carbocycles. The average molecular weight is 320 g/mol. The third kappa shape index (κ3) is 3.23. The summed E-state index contributed by atoms with van der Waals surface area (Å²) in [4.78, 5) is 23.8. The van der Waals surface area contributed by atoms with Gasteiger partial charge >= 0.3 is 0 Å². The van der Waals surface area contributed by atoms with Crippen molar-refractivity contribution in [3.8, 4) is 11.8 Å². The minimum Gasteiger partial charge on any atom is -0.383 e. The molecule has 122 valence electrons. The van der Waals surface area contributed by atoms with Gasteiger partial charge in [0.2, 0.25) is 5.78 Å². The normalized spacial score (nSPS) is 14.0. The number of rotatable bonds is 3. The van der Waals surface area contributed by atoms with Gasteiger partial charge in [0.15, 0.2) is 0 Å². The first-order valence-electron chi connectivity index (χ1n) is 8.14. The van der Waals surface area contributed by atoms with E-state index < -0.39 is 0 Å². The number of hydrogen-bond acceptors (Lipinski definition) is 5. The van der Waals surface area contributed by atoms with Crippen molar-refractivity contribution >= 4 is 17.4 Å². The standard InChI is InChI=1S/C19H20N4O/c1-2-7-14-9-10-16(23-12-4-3-5-13-23)22-17(14)18(24)15-8-6-11-21-19(15)20/h6,8-11H,3-5,12-13H2,1H3,(H2,20,21). The van der Waals surface area contributed by atoms with Gasteiger partial charge < -0.3 is 10.6 Å². The van der Waals surface area contributed by atoms with Crippen LogP contribution in [0.2, 0.25) is 0 Å². The maximum atomic E-state index is 12.9. The molecule has 5 heteroatoms. The van der Waals surface area contributed by atoms with Crippen molar-refractivity contribution < 1.29 is 4.79 Å². The Hall–Kier alpha value is -2.87. The maximum absolute atomic E-state index is 12.9. The lowest BCUT2D eigenvalue weighted by molar-refractivity contribution is 0.103. The van der Waals surface area contributed by atoms with E-state index in [0.29, 0.717) is 16.8 Å². The predicted octanol–water partition coefficient (Wildman–Crippen LogP) is 2.65. The number of ketones is 1. The fraction of sp³-hybridized carbons (Fsp3) is 0.316. The van der Waals surface area contributed by atoms with Crippen LogP contribution in [-0.2, 0) is 0 Å². The Morgan fingerprint density at radius 1 is 1.21 bits per heavy atom. The van der Waals surface area contributed by atoms with E-state index >= 15 is 0 Å². The monoisotopic (exact) mass is 320 g/mol. The molecule has 2 aromatic heterocycles. The van der Waals surface area contributed by atoms with E-state index in [1.807, 2.05) is 12.1 Å². The molecule has 24 heavy (non-hydrogen) atoms. The van der Waals surface area contributed by atoms with Crippen molar-refractivity contribution in [1.29, 1.82) is 0 Å². The van der Waals surface area contributed by atoms with Crippen LogP contribution in [0.5, 0.6) is 0 Å². The van der Waals surface area contributed by atoms with Crippen molar-refractivity contribution in [1.82, 2.24) is 9.97 Å². The van der Waals surface area contributed by atoms with Crippen molar-refractivity contribution in [3.63, 3.8) is 0 Å². The smallest absolute Gasteiger partial charge is 0.216 e.